The molecule has 3 rings (SSSR count). The Balaban J connectivity index is 2.35. The number of hydrogen-bond acceptors (Lipinski definition) is 8. The fraction of sp³-hybridized carbons (Fsp3) is 0.0435. The highest BCUT2D eigenvalue weighted by molar-refractivity contribution is 5.97. The minimum Gasteiger partial charge on any atom is -0.211 e. The molecule has 0 N–H and O–H groups in total. The molecule has 0 aliphatic carbocycles. The van der Waals surface area contributed by atoms with Gasteiger partial charge in [-0.2, -0.15) is 20.0 Å². The van der Waals surface area contributed by atoms with Crippen LogP contribution in [0.5, 0.6) is 0 Å². The lowest BCUT2D eigenvalue weighted by Gasteiger charge is -2.16. The molecule has 0 aliphatic rings. The van der Waals surface area contributed by atoms with E-state index >= 15 is 0 Å². The molecule has 148 valence electrons. The first-order valence-electron chi connectivity index (χ1n) is 8.83. The minimum absolute atomic E-state index is 0.243. The second-order valence-electron chi connectivity index (χ2n) is 6.22. The molecule has 0 saturated carbocycles. The predicted molar refractivity (Wildman–Crippen MR) is 113 cm³/mol. The summed E-state index contributed by atoms with van der Waals surface area (Å²) in [6, 6.07) is 14.9. The summed E-state index contributed by atoms with van der Waals surface area (Å²) in [5.41, 5.74) is 4.25. The lowest BCUT2D eigenvalue weighted by atomic mass is 9.91. The van der Waals surface area contributed by atoms with Gasteiger partial charge < -0.3 is 0 Å². The molecule has 8 heteroatoms. The molecule has 0 aliphatic heterocycles. The quantitative estimate of drug-likeness (QED) is 0.411. The average molecular weight is 408 g/mol. The van der Waals surface area contributed by atoms with Crippen LogP contribution >= 0.6 is 0 Å². The number of rotatable bonds is 6. The van der Waals surface area contributed by atoms with Gasteiger partial charge in [-0.1, -0.05) is 24.3 Å². The summed E-state index contributed by atoms with van der Waals surface area (Å²) < 4.78 is 0. The van der Waals surface area contributed by atoms with Crippen LogP contribution in [-0.4, -0.2) is 24.3 Å². The van der Waals surface area contributed by atoms with Crippen molar-refractivity contribution in [2.75, 3.05) is 0 Å². The van der Waals surface area contributed by atoms with Gasteiger partial charge in [-0.05, 0) is 53.9 Å². The molecule has 0 saturated heterocycles. The highest BCUT2D eigenvalue weighted by Crippen LogP contribution is 2.47. The van der Waals surface area contributed by atoms with Crippen LogP contribution < -0.4 is 0 Å². The van der Waals surface area contributed by atoms with Crippen LogP contribution in [0.25, 0.3) is 22.3 Å². The standard InChI is InChI=1S/C23H12N4O4/c1-15-10-20(16-2-6-18(7-3-16)24-11-28)23(27-14-31)21(22(15)26-13-30)17-4-8-19(9-5-17)25-12-29/h2-10H,1H3. The van der Waals surface area contributed by atoms with E-state index in [1.807, 2.05) is 0 Å². The Hall–Kier alpha value is -4.82. The second-order valence-corrected chi connectivity index (χ2v) is 6.22. The largest absolute Gasteiger partial charge is 0.240 e. The number of aliphatic imine (C=N–C) groups is 4. The van der Waals surface area contributed by atoms with E-state index < -0.39 is 0 Å². The fourth-order valence-corrected chi connectivity index (χ4v) is 3.17. The number of nitrogens with zero attached hydrogens (tertiary/aromatic N) is 4. The third kappa shape index (κ3) is 4.44. The summed E-state index contributed by atoms with van der Waals surface area (Å²) in [5.74, 6) is 0. The summed E-state index contributed by atoms with van der Waals surface area (Å²) in [6.45, 7) is 1.76. The molecule has 31 heavy (non-hydrogen) atoms. The molecule has 3 aromatic carbocycles. The maximum absolute atomic E-state index is 11.3. The molecule has 8 nitrogen and oxygen atoms in total. The van der Waals surface area contributed by atoms with Crippen molar-refractivity contribution in [3.63, 3.8) is 0 Å². The number of benzene rings is 3. The maximum Gasteiger partial charge on any atom is 0.240 e. The summed E-state index contributed by atoms with van der Waals surface area (Å²) in [6.07, 6.45) is 6.02. The molecule has 0 atom stereocenters. The monoisotopic (exact) mass is 408 g/mol. The molecule has 0 aromatic heterocycles. The van der Waals surface area contributed by atoms with Gasteiger partial charge in [0.2, 0.25) is 24.3 Å². The van der Waals surface area contributed by atoms with E-state index in [1.165, 1.54) is 18.2 Å². The van der Waals surface area contributed by atoms with Crippen LogP contribution in [0.2, 0.25) is 0 Å². The van der Waals surface area contributed by atoms with Crippen molar-refractivity contribution in [1.82, 2.24) is 0 Å². The van der Waals surface area contributed by atoms with E-state index in [-0.39, 0.29) is 5.69 Å². The molecule has 0 heterocycles. The van der Waals surface area contributed by atoms with Gasteiger partial charge in [0.15, 0.2) is 0 Å². The SMILES string of the molecule is Cc1cc(-c2ccc(N=C=O)cc2)c(N=C=O)c(-c2ccc(N=C=O)cc2)c1N=C=O. The second kappa shape index (κ2) is 9.59. The minimum atomic E-state index is 0.243. The van der Waals surface area contributed by atoms with Crippen LogP contribution in [0.4, 0.5) is 22.7 Å². The van der Waals surface area contributed by atoms with E-state index in [9.17, 15) is 19.2 Å². The number of hydrogen-bond donors (Lipinski definition) is 0. The maximum atomic E-state index is 11.3. The molecule has 0 fully saturated rings. The number of aryl methyl sites for hydroxylation is 1. The fourth-order valence-electron chi connectivity index (χ4n) is 3.17. The molecule has 3 aromatic rings. The first kappa shape index (κ1) is 20.9. The van der Waals surface area contributed by atoms with Gasteiger partial charge in [-0.25, -0.2) is 19.2 Å². The van der Waals surface area contributed by atoms with Gasteiger partial charge in [0.05, 0.1) is 22.7 Å². The first-order valence-corrected chi connectivity index (χ1v) is 8.83. The van der Waals surface area contributed by atoms with E-state index in [2.05, 4.69) is 20.0 Å². The van der Waals surface area contributed by atoms with Crippen LogP contribution in [0.15, 0.2) is 74.6 Å². The Bertz CT molecular complexity index is 1340. The zero-order chi connectivity index (χ0) is 22.2. The number of carbonyl (C=O) groups excluding carboxylic acids is 4. The first-order chi connectivity index (χ1) is 15.1. The Morgan fingerprint density at radius 3 is 1.52 bits per heavy atom. The van der Waals surface area contributed by atoms with Crippen molar-refractivity contribution >= 4 is 47.1 Å². The van der Waals surface area contributed by atoms with E-state index in [0.717, 1.165) is 0 Å². The normalized spacial score (nSPS) is 9.45. The van der Waals surface area contributed by atoms with Crippen LogP contribution in [0.3, 0.4) is 0 Å². The van der Waals surface area contributed by atoms with Crippen LogP contribution in [0, 0.1) is 6.92 Å². The van der Waals surface area contributed by atoms with Gasteiger partial charge in [-0.3, -0.25) is 0 Å². The van der Waals surface area contributed by atoms with Crippen molar-refractivity contribution in [3.05, 3.63) is 60.2 Å². The Labute approximate surface area is 176 Å². The van der Waals surface area contributed by atoms with Crippen molar-refractivity contribution in [2.45, 2.75) is 6.92 Å². The van der Waals surface area contributed by atoms with Crippen molar-refractivity contribution in [1.29, 1.82) is 0 Å². The molecule has 0 spiro atoms. The predicted octanol–water partition coefficient (Wildman–Crippen LogP) is 5.20. The summed E-state index contributed by atoms with van der Waals surface area (Å²) >= 11 is 0. The molecular weight excluding hydrogens is 396 g/mol. The summed E-state index contributed by atoms with van der Waals surface area (Å²) in [5, 5.41) is 0. The summed E-state index contributed by atoms with van der Waals surface area (Å²) in [4.78, 5) is 58.1. The van der Waals surface area contributed by atoms with Crippen molar-refractivity contribution < 1.29 is 19.2 Å². The third-order valence-electron chi connectivity index (χ3n) is 4.46. The Morgan fingerprint density at radius 2 is 1.03 bits per heavy atom. The van der Waals surface area contributed by atoms with Gasteiger partial charge in [-0.15, -0.1) is 0 Å². The van der Waals surface area contributed by atoms with E-state index in [1.54, 1.807) is 67.6 Å². The Morgan fingerprint density at radius 1 is 0.581 bits per heavy atom. The van der Waals surface area contributed by atoms with Gasteiger partial charge >= 0.3 is 0 Å². The Kier molecular flexibility index (Phi) is 6.47. The highest BCUT2D eigenvalue weighted by atomic mass is 16.1. The van der Waals surface area contributed by atoms with Crippen LogP contribution in [-0.2, 0) is 19.2 Å². The van der Waals surface area contributed by atoms with E-state index in [4.69, 9.17) is 0 Å². The zero-order valence-corrected chi connectivity index (χ0v) is 16.1. The molecular formula is C23H12N4O4. The lowest BCUT2D eigenvalue weighted by Crippen LogP contribution is -1.90. The molecule has 0 bridgehead atoms. The van der Waals surface area contributed by atoms with Crippen molar-refractivity contribution in [3.8, 4) is 22.3 Å². The zero-order valence-electron chi connectivity index (χ0n) is 16.1. The molecule has 0 radical (unpaired) electrons. The van der Waals surface area contributed by atoms with Gasteiger partial charge in [0, 0.05) is 11.1 Å². The van der Waals surface area contributed by atoms with Crippen LogP contribution in [0.1, 0.15) is 5.56 Å². The third-order valence-corrected chi connectivity index (χ3v) is 4.46. The smallest absolute Gasteiger partial charge is 0.211 e. The molecule has 0 unspecified atom stereocenters. The van der Waals surface area contributed by atoms with Gasteiger partial charge in [0.25, 0.3) is 0 Å². The molecule has 0 amide bonds. The van der Waals surface area contributed by atoms with Gasteiger partial charge in [0.1, 0.15) is 0 Å². The lowest BCUT2D eigenvalue weighted by molar-refractivity contribution is 0.564. The number of isocyanates is 4. The van der Waals surface area contributed by atoms with Crippen molar-refractivity contribution in [2.24, 2.45) is 20.0 Å². The van der Waals surface area contributed by atoms with E-state index in [0.29, 0.717) is 44.9 Å². The average Bonchev–Trinajstić information content (AvgIpc) is 2.78. The summed E-state index contributed by atoms with van der Waals surface area (Å²) in [7, 11) is 0. The highest BCUT2D eigenvalue weighted by Gasteiger charge is 2.19. The topological polar surface area (TPSA) is 118 Å².